The number of hydrogen-bond acceptors (Lipinski definition) is 2. The van der Waals surface area contributed by atoms with Crippen molar-refractivity contribution in [1.29, 1.82) is 0 Å². The second-order valence-electron chi connectivity index (χ2n) is 4.48. The molecule has 0 saturated carbocycles. The molecular formula is C16H11ClFNS. The van der Waals surface area contributed by atoms with Gasteiger partial charge >= 0.3 is 0 Å². The highest BCUT2D eigenvalue weighted by atomic mass is 35.5. The lowest BCUT2D eigenvalue weighted by Gasteiger charge is -2.01. The van der Waals surface area contributed by atoms with Crippen LogP contribution < -0.4 is 0 Å². The molecule has 1 nitrogen and oxygen atoms in total. The van der Waals surface area contributed by atoms with Crippen molar-refractivity contribution in [2.45, 2.75) is 6.92 Å². The third-order valence-corrected chi connectivity index (χ3v) is 4.27. The van der Waals surface area contributed by atoms with Gasteiger partial charge in [-0.2, -0.15) is 0 Å². The minimum absolute atomic E-state index is 0.199. The fourth-order valence-corrected chi connectivity index (χ4v) is 3.12. The average molecular weight is 304 g/mol. The smallest absolute Gasteiger partial charge is 0.126 e. The van der Waals surface area contributed by atoms with Crippen LogP contribution in [0.15, 0.2) is 47.8 Å². The maximum atomic E-state index is 13.3. The summed E-state index contributed by atoms with van der Waals surface area (Å²) in [6.07, 6.45) is 0. The fourth-order valence-electron chi connectivity index (χ4n) is 1.97. The number of halogens is 2. The largest absolute Gasteiger partial charge is 0.236 e. The van der Waals surface area contributed by atoms with Gasteiger partial charge in [-0.3, -0.25) is 0 Å². The summed E-state index contributed by atoms with van der Waals surface area (Å²) in [5, 5.41) is 3.52. The Bertz CT molecular complexity index is 767. The van der Waals surface area contributed by atoms with E-state index in [1.165, 1.54) is 17.4 Å². The maximum Gasteiger partial charge on any atom is 0.126 e. The fraction of sp³-hybridized carbons (Fsp3) is 0.0625. The molecule has 20 heavy (non-hydrogen) atoms. The highest BCUT2D eigenvalue weighted by Crippen LogP contribution is 2.33. The molecule has 0 aliphatic heterocycles. The normalized spacial score (nSPS) is 10.8. The Labute approximate surface area is 125 Å². The molecule has 2 aromatic carbocycles. The molecule has 0 spiro atoms. The molecule has 100 valence electrons. The van der Waals surface area contributed by atoms with E-state index >= 15 is 0 Å². The van der Waals surface area contributed by atoms with Gasteiger partial charge in [-0.25, -0.2) is 9.37 Å². The van der Waals surface area contributed by atoms with E-state index in [1.54, 1.807) is 19.1 Å². The van der Waals surface area contributed by atoms with E-state index in [0.717, 1.165) is 21.8 Å². The summed E-state index contributed by atoms with van der Waals surface area (Å²) in [5.41, 5.74) is 3.30. The van der Waals surface area contributed by atoms with Crippen LogP contribution >= 0.6 is 22.9 Å². The Balaban J connectivity index is 2.02. The van der Waals surface area contributed by atoms with Crippen LogP contribution in [-0.2, 0) is 0 Å². The lowest BCUT2D eigenvalue weighted by Crippen LogP contribution is -1.85. The third kappa shape index (κ3) is 2.47. The molecule has 4 heteroatoms. The van der Waals surface area contributed by atoms with Crippen LogP contribution in [0.4, 0.5) is 4.39 Å². The summed E-state index contributed by atoms with van der Waals surface area (Å²) in [7, 11) is 0. The molecule has 0 bridgehead atoms. The van der Waals surface area contributed by atoms with Crippen molar-refractivity contribution in [3.8, 4) is 21.8 Å². The summed E-state index contributed by atoms with van der Waals surface area (Å²) in [6, 6.07) is 12.6. The van der Waals surface area contributed by atoms with E-state index in [2.05, 4.69) is 4.98 Å². The number of hydrogen-bond donors (Lipinski definition) is 0. The van der Waals surface area contributed by atoms with E-state index in [4.69, 9.17) is 11.6 Å². The summed E-state index contributed by atoms with van der Waals surface area (Å²) in [6.45, 7) is 1.75. The predicted octanol–water partition coefficient (Wildman–Crippen LogP) is 5.58. The molecule has 0 fully saturated rings. The zero-order valence-electron chi connectivity index (χ0n) is 10.7. The van der Waals surface area contributed by atoms with E-state index in [0.29, 0.717) is 10.6 Å². The Morgan fingerprint density at radius 3 is 2.70 bits per heavy atom. The van der Waals surface area contributed by atoms with Gasteiger partial charge in [-0.05, 0) is 36.8 Å². The van der Waals surface area contributed by atoms with Crippen molar-refractivity contribution in [3.63, 3.8) is 0 Å². The SMILES string of the molecule is Cc1cc(-c2csc(-c3ccccc3Cl)n2)ccc1F. The summed E-state index contributed by atoms with van der Waals surface area (Å²) < 4.78 is 13.3. The highest BCUT2D eigenvalue weighted by molar-refractivity contribution is 7.13. The van der Waals surface area contributed by atoms with Gasteiger partial charge in [0.05, 0.1) is 10.7 Å². The van der Waals surface area contributed by atoms with Crippen LogP contribution in [0, 0.1) is 12.7 Å². The number of rotatable bonds is 2. The summed E-state index contributed by atoms with van der Waals surface area (Å²) in [5.74, 6) is -0.199. The standard InChI is InChI=1S/C16H11ClFNS/c1-10-8-11(6-7-14(10)18)15-9-20-16(19-15)12-4-2-3-5-13(12)17/h2-9H,1H3. The van der Waals surface area contributed by atoms with E-state index in [-0.39, 0.29) is 5.82 Å². The van der Waals surface area contributed by atoms with Gasteiger partial charge in [0.1, 0.15) is 10.8 Å². The first-order chi connectivity index (χ1) is 9.65. The molecule has 0 saturated heterocycles. The van der Waals surface area contributed by atoms with Crippen LogP contribution in [0.25, 0.3) is 21.8 Å². The van der Waals surface area contributed by atoms with E-state index in [1.807, 2.05) is 29.6 Å². The quantitative estimate of drug-likeness (QED) is 0.602. The molecule has 3 aromatic rings. The number of aromatic nitrogens is 1. The molecule has 0 radical (unpaired) electrons. The molecule has 0 aliphatic carbocycles. The molecule has 0 amide bonds. The maximum absolute atomic E-state index is 13.3. The molecule has 1 aromatic heterocycles. The third-order valence-electron chi connectivity index (χ3n) is 3.06. The molecule has 0 unspecified atom stereocenters. The predicted molar refractivity (Wildman–Crippen MR) is 82.7 cm³/mol. The number of thiazole rings is 1. The summed E-state index contributed by atoms with van der Waals surface area (Å²) >= 11 is 7.71. The first kappa shape index (κ1) is 13.3. The van der Waals surface area contributed by atoms with Crippen LogP contribution in [0.1, 0.15) is 5.56 Å². The van der Waals surface area contributed by atoms with E-state index < -0.39 is 0 Å². The molecule has 0 N–H and O–H groups in total. The molecule has 0 aliphatic rings. The van der Waals surface area contributed by atoms with Gasteiger partial charge in [0, 0.05) is 16.5 Å². The van der Waals surface area contributed by atoms with Crippen molar-refractivity contribution in [2.75, 3.05) is 0 Å². The van der Waals surface area contributed by atoms with Crippen molar-refractivity contribution in [3.05, 3.63) is 64.2 Å². The first-order valence-electron chi connectivity index (χ1n) is 6.12. The molecular weight excluding hydrogens is 293 g/mol. The van der Waals surface area contributed by atoms with Crippen LogP contribution in [0.2, 0.25) is 5.02 Å². The van der Waals surface area contributed by atoms with Gasteiger partial charge in [0.25, 0.3) is 0 Å². The first-order valence-corrected chi connectivity index (χ1v) is 7.38. The Hall–Kier alpha value is -1.71. The lowest BCUT2D eigenvalue weighted by molar-refractivity contribution is 0.619. The minimum atomic E-state index is -0.199. The zero-order valence-corrected chi connectivity index (χ0v) is 12.3. The van der Waals surface area contributed by atoms with Crippen LogP contribution in [0.5, 0.6) is 0 Å². The van der Waals surface area contributed by atoms with Crippen molar-refractivity contribution in [1.82, 2.24) is 4.98 Å². The van der Waals surface area contributed by atoms with Gasteiger partial charge in [0.15, 0.2) is 0 Å². The second kappa shape index (κ2) is 5.35. The number of benzene rings is 2. The average Bonchev–Trinajstić information content (AvgIpc) is 2.92. The minimum Gasteiger partial charge on any atom is -0.236 e. The van der Waals surface area contributed by atoms with Crippen molar-refractivity contribution >= 4 is 22.9 Å². The van der Waals surface area contributed by atoms with Crippen molar-refractivity contribution < 1.29 is 4.39 Å². The Morgan fingerprint density at radius 2 is 1.95 bits per heavy atom. The van der Waals surface area contributed by atoms with Crippen LogP contribution in [0.3, 0.4) is 0 Å². The molecule has 3 rings (SSSR count). The summed E-state index contributed by atoms with van der Waals surface area (Å²) in [4.78, 5) is 4.59. The number of nitrogens with zero attached hydrogens (tertiary/aromatic N) is 1. The zero-order chi connectivity index (χ0) is 14.1. The second-order valence-corrected chi connectivity index (χ2v) is 5.75. The number of aryl methyl sites for hydroxylation is 1. The van der Waals surface area contributed by atoms with E-state index in [9.17, 15) is 4.39 Å². The monoisotopic (exact) mass is 303 g/mol. The van der Waals surface area contributed by atoms with Crippen LogP contribution in [-0.4, -0.2) is 4.98 Å². The lowest BCUT2D eigenvalue weighted by atomic mass is 10.1. The Morgan fingerprint density at radius 1 is 1.15 bits per heavy atom. The van der Waals surface area contributed by atoms with Gasteiger partial charge in [-0.15, -0.1) is 11.3 Å². The molecule has 1 heterocycles. The van der Waals surface area contributed by atoms with Gasteiger partial charge < -0.3 is 0 Å². The topological polar surface area (TPSA) is 12.9 Å². The molecule has 0 atom stereocenters. The Kier molecular flexibility index (Phi) is 3.55. The van der Waals surface area contributed by atoms with Crippen molar-refractivity contribution in [2.24, 2.45) is 0 Å². The highest BCUT2D eigenvalue weighted by Gasteiger charge is 2.10. The van der Waals surface area contributed by atoms with Gasteiger partial charge in [0.2, 0.25) is 0 Å². The van der Waals surface area contributed by atoms with Gasteiger partial charge in [-0.1, -0.05) is 29.8 Å².